The molecule has 1 unspecified atom stereocenters. The Hall–Kier alpha value is -3.35. The van der Waals surface area contributed by atoms with E-state index in [0.29, 0.717) is 22.6 Å². The first-order chi connectivity index (χ1) is 12.5. The Morgan fingerprint density at radius 2 is 1.96 bits per heavy atom. The first kappa shape index (κ1) is 17.5. The number of allylic oxidation sites excluding steroid dienone is 1. The van der Waals surface area contributed by atoms with Gasteiger partial charge in [0.1, 0.15) is 11.6 Å². The van der Waals surface area contributed by atoms with Gasteiger partial charge in [-0.05, 0) is 36.8 Å². The second-order valence-electron chi connectivity index (χ2n) is 5.78. The third-order valence-electron chi connectivity index (χ3n) is 4.06. The molecular formula is C19H18FN3O3. The van der Waals surface area contributed by atoms with E-state index < -0.39 is 23.8 Å². The molecule has 0 aromatic heterocycles. The smallest absolute Gasteiger partial charge is 0.319 e. The van der Waals surface area contributed by atoms with E-state index in [9.17, 15) is 14.0 Å². The largest absolute Gasteiger partial charge is 0.497 e. The summed E-state index contributed by atoms with van der Waals surface area (Å²) in [4.78, 5) is 24.7. The maximum atomic E-state index is 13.9. The predicted molar refractivity (Wildman–Crippen MR) is 95.1 cm³/mol. The zero-order valence-corrected chi connectivity index (χ0v) is 14.3. The summed E-state index contributed by atoms with van der Waals surface area (Å²) in [6, 6.07) is 11.8. The molecule has 1 heterocycles. The molecule has 3 N–H and O–H groups in total. The zero-order valence-electron chi connectivity index (χ0n) is 14.3. The summed E-state index contributed by atoms with van der Waals surface area (Å²) >= 11 is 0. The molecule has 0 saturated heterocycles. The number of amides is 3. The Balaban J connectivity index is 1.97. The van der Waals surface area contributed by atoms with E-state index in [1.165, 1.54) is 25.3 Å². The minimum absolute atomic E-state index is 0.0686. The Bertz CT molecular complexity index is 895. The van der Waals surface area contributed by atoms with Crippen LogP contribution in [0.4, 0.5) is 14.9 Å². The van der Waals surface area contributed by atoms with E-state index in [1.807, 2.05) is 0 Å². The number of hydrogen-bond acceptors (Lipinski definition) is 3. The predicted octanol–water partition coefficient (Wildman–Crippen LogP) is 3.10. The number of para-hydroxylation sites is 1. The third kappa shape index (κ3) is 3.51. The van der Waals surface area contributed by atoms with Crippen molar-refractivity contribution >= 4 is 17.6 Å². The van der Waals surface area contributed by atoms with E-state index >= 15 is 0 Å². The summed E-state index contributed by atoms with van der Waals surface area (Å²) in [5.41, 5.74) is 1.44. The number of carbonyl (C=O) groups excluding carboxylic acids is 2. The molecule has 3 amide bonds. The van der Waals surface area contributed by atoms with Gasteiger partial charge in [0.25, 0.3) is 5.91 Å². The Morgan fingerprint density at radius 3 is 2.69 bits per heavy atom. The summed E-state index contributed by atoms with van der Waals surface area (Å²) in [6.07, 6.45) is 0. The summed E-state index contributed by atoms with van der Waals surface area (Å²) in [7, 11) is 1.53. The number of halogens is 1. The molecule has 2 aromatic rings. The van der Waals surface area contributed by atoms with Crippen LogP contribution in [0.15, 0.2) is 59.8 Å². The van der Waals surface area contributed by atoms with Crippen molar-refractivity contribution in [2.75, 3.05) is 12.4 Å². The maximum absolute atomic E-state index is 13.9. The minimum atomic E-state index is -0.689. The molecule has 0 bridgehead atoms. The van der Waals surface area contributed by atoms with Crippen LogP contribution in [0.25, 0.3) is 0 Å². The fourth-order valence-electron chi connectivity index (χ4n) is 2.82. The molecule has 134 valence electrons. The molecular weight excluding hydrogens is 337 g/mol. The van der Waals surface area contributed by atoms with Gasteiger partial charge < -0.3 is 20.7 Å². The van der Waals surface area contributed by atoms with Crippen LogP contribution in [0.5, 0.6) is 5.75 Å². The number of urea groups is 1. The van der Waals surface area contributed by atoms with Crippen molar-refractivity contribution < 1.29 is 18.7 Å². The number of methoxy groups -OCH3 is 1. The Morgan fingerprint density at radius 1 is 1.19 bits per heavy atom. The number of nitrogens with one attached hydrogen (secondary N) is 3. The molecule has 0 radical (unpaired) electrons. The van der Waals surface area contributed by atoms with Gasteiger partial charge in [-0.1, -0.05) is 24.3 Å². The molecule has 1 atom stereocenters. The van der Waals surface area contributed by atoms with Crippen LogP contribution in [0.2, 0.25) is 0 Å². The van der Waals surface area contributed by atoms with Crippen molar-refractivity contribution in [2.45, 2.75) is 13.0 Å². The summed E-state index contributed by atoms with van der Waals surface area (Å²) in [6.45, 7) is 1.63. The summed E-state index contributed by atoms with van der Waals surface area (Å²) in [5, 5.41) is 7.87. The SMILES string of the molecule is COc1cccc(C2NC(=O)NC(C)=C2C(=O)Nc2ccccc2F)c1. The van der Waals surface area contributed by atoms with Crippen LogP contribution in [0.3, 0.4) is 0 Å². The molecule has 2 aromatic carbocycles. The molecule has 0 aliphatic carbocycles. The van der Waals surface area contributed by atoms with Crippen LogP contribution in [0.1, 0.15) is 18.5 Å². The van der Waals surface area contributed by atoms with Gasteiger partial charge in [0.05, 0.1) is 24.4 Å². The summed E-state index contributed by atoms with van der Waals surface area (Å²) < 4.78 is 19.1. The number of rotatable bonds is 4. The van der Waals surface area contributed by atoms with Crippen molar-refractivity contribution in [1.82, 2.24) is 10.6 Å². The highest BCUT2D eigenvalue weighted by Gasteiger charge is 2.31. The van der Waals surface area contributed by atoms with Crippen molar-refractivity contribution in [3.05, 3.63) is 71.2 Å². The van der Waals surface area contributed by atoms with E-state index in [0.717, 1.165) is 0 Å². The van der Waals surface area contributed by atoms with Crippen LogP contribution in [0, 0.1) is 5.82 Å². The number of hydrogen-bond donors (Lipinski definition) is 3. The van der Waals surface area contributed by atoms with Gasteiger partial charge in [0, 0.05) is 5.70 Å². The average Bonchev–Trinajstić information content (AvgIpc) is 2.63. The summed E-state index contributed by atoms with van der Waals surface area (Å²) in [5.74, 6) is -0.445. The normalized spacial score (nSPS) is 16.6. The highest BCUT2D eigenvalue weighted by Crippen LogP contribution is 2.30. The molecule has 0 spiro atoms. The van der Waals surface area contributed by atoms with Crippen LogP contribution in [-0.4, -0.2) is 19.0 Å². The van der Waals surface area contributed by atoms with Crippen LogP contribution < -0.4 is 20.7 Å². The third-order valence-corrected chi connectivity index (χ3v) is 4.06. The van der Waals surface area contributed by atoms with Crippen molar-refractivity contribution in [3.63, 3.8) is 0 Å². The molecule has 6 nitrogen and oxygen atoms in total. The first-order valence-corrected chi connectivity index (χ1v) is 7.97. The number of benzene rings is 2. The molecule has 26 heavy (non-hydrogen) atoms. The van der Waals surface area contributed by atoms with Crippen LogP contribution in [-0.2, 0) is 4.79 Å². The van der Waals surface area contributed by atoms with Gasteiger partial charge in [-0.15, -0.1) is 0 Å². The second kappa shape index (κ2) is 7.26. The van der Waals surface area contributed by atoms with Gasteiger partial charge >= 0.3 is 6.03 Å². The molecule has 0 saturated carbocycles. The molecule has 1 aliphatic heterocycles. The fraction of sp³-hybridized carbons (Fsp3) is 0.158. The monoisotopic (exact) mass is 355 g/mol. The lowest BCUT2D eigenvalue weighted by atomic mass is 9.94. The highest BCUT2D eigenvalue weighted by atomic mass is 19.1. The lowest BCUT2D eigenvalue weighted by molar-refractivity contribution is -0.113. The van der Waals surface area contributed by atoms with Crippen molar-refractivity contribution in [1.29, 1.82) is 0 Å². The lowest BCUT2D eigenvalue weighted by Crippen LogP contribution is -2.46. The topological polar surface area (TPSA) is 79.5 Å². The number of carbonyl (C=O) groups is 2. The minimum Gasteiger partial charge on any atom is -0.497 e. The van der Waals surface area contributed by atoms with Crippen molar-refractivity contribution in [2.24, 2.45) is 0 Å². The quantitative estimate of drug-likeness (QED) is 0.788. The Kier molecular flexibility index (Phi) is 4.88. The van der Waals surface area contributed by atoms with Gasteiger partial charge in [-0.2, -0.15) is 0 Å². The highest BCUT2D eigenvalue weighted by molar-refractivity contribution is 6.06. The van der Waals surface area contributed by atoms with E-state index in [-0.39, 0.29) is 5.69 Å². The average molecular weight is 355 g/mol. The lowest BCUT2D eigenvalue weighted by Gasteiger charge is -2.29. The molecule has 3 rings (SSSR count). The fourth-order valence-corrected chi connectivity index (χ4v) is 2.82. The second-order valence-corrected chi connectivity index (χ2v) is 5.78. The first-order valence-electron chi connectivity index (χ1n) is 7.97. The van der Waals surface area contributed by atoms with Gasteiger partial charge in [0.2, 0.25) is 0 Å². The number of anilines is 1. The molecule has 1 aliphatic rings. The van der Waals surface area contributed by atoms with E-state index in [1.54, 1.807) is 37.3 Å². The van der Waals surface area contributed by atoms with Crippen LogP contribution >= 0.6 is 0 Å². The van der Waals surface area contributed by atoms with Gasteiger partial charge in [-0.3, -0.25) is 4.79 Å². The molecule has 7 heteroatoms. The van der Waals surface area contributed by atoms with Crippen molar-refractivity contribution in [3.8, 4) is 5.75 Å². The van der Waals surface area contributed by atoms with E-state index in [2.05, 4.69) is 16.0 Å². The zero-order chi connectivity index (χ0) is 18.7. The van der Waals surface area contributed by atoms with E-state index in [4.69, 9.17) is 4.74 Å². The van der Waals surface area contributed by atoms with Gasteiger partial charge in [0.15, 0.2) is 0 Å². The standard InChI is InChI=1S/C19H18FN3O3/c1-11-16(18(24)22-15-9-4-3-8-14(15)20)17(23-19(25)21-11)12-6-5-7-13(10-12)26-2/h3-10,17H,1-2H3,(H,22,24)(H2,21,23,25). The molecule has 0 fully saturated rings. The number of ether oxygens (including phenoxy) is 1. The maximum Gasteiger partial charge on any atom is 0.319 e. The van der Waals surface area contributed by atoms with Gasteiger partial charge in [-0.25, -0.2) is 9.18 Å². The Labute approximate surface area is 150 Å².